The van der Waals surface area contributed by atoms with Gasteiger partial charge in [-0.25, -0.2) is 14.1 Å². The van der Waals surface area contributed by atoms with E-state index in [0.717, 1.165) is 0 Å². The van der Waals surface area contributed by atoms with E-state index in [-0.39, 0.29) is 36.0 Å². The maximum absolute atomic E-state index is 13.0. The Morgan fingerprint density at radius 2 is 1.87 bits per heavy atom. The third kappa shape index (κ3) is 3.43. The molecule has 2 aromatic rings. The topological polar surface area (TPSA) is 157 Å². The maximum Gasteiger partial charge on any atom is 0.328 e. The van der Waals surface area contributed by atoms with Gasteiger partial charge in [-0.05, 0) is 17.7 Å². The molecule has 0 unspecified atom stereocenters. The number of barbiturate groups is 1. The number of carbonyl (C=O) groups excluding carboxylic acids is 3. The summed E-state index contributed by atoms with van der Waals surface area (Å²) in [5.41, 5.74) is 1.15. The molecule has 1 atom stereocenters. The standard InChI is InChI=1S/C19H22N4O7/c1-9-10(2)23(29)18(22(9)6-7-24)14(11-4-5-13(30-3)12(25)8-11)15-16(26)20-19(28)21-17(15)27/h4-5,8,14-15,24-25H,6-7H2,1-3H3,(H2,20,21,26,27,28)/t14-/m1/s1. The van der Waals surface area contributed by atoms with Gasteiger partial charge in [0, 0.05) is 13.8 Å². The predicted octanol–water partition coefficient (Wildman–Crippen LogP) is -0.441. The molecule has 4 amide bonds. The maximum atomic E-state index is 13.0. The van der Waals surface area contributed by atoms with Crippen LogP contribution in [0.2, 0.25) is 0 Å². The molecule has 4 N–H and O–H groups in total. The van der Waals surface area contributed by atoms with Crippen LogP contribution in [-0.2, 0) is 16.1 Å². The molecule has 1 aliphatic rings. The van der Waals surface area contributed by atoms with Gasteiger partial charge in [-0.3, -0.25) is 20.2 Å². The first-order chi connectivity index (χ1) is 14.2. The summed E-state index contributed by atoms with van der Waals surface area (Å²) in [6.07, 6.45) is 0. The molecular formula is C19H22N4O7. The van der Waals surface area contributed by atoms with E-state index in [4.69, 9.17) is 4.74 Å². The van der Waals surface area contributed by atoms with Crippen LogP contribution >= 0.6 is 0 Å². The van der Waals surface area contributed by atoms with Crippen molar-refractivity contribution >= 4 is 17.8 Å². The first-order valence-electron chi connectivity index (χ1n) is 9.13. The Morgan fingerprint density at radius 3 is 2.40 bits per heavy atom. The number of carbonyl (C=O) groups is 3. The average molecular weight is 418 g/mol. The number of aliphatic hydroxyl groups excluding tert-OH is 1. The summed E-state index contributed by atoms with van der Waals surface area (Å²) in [5, 5.41) is 36.8. The van der Waals surface area contributed by atoms with Crippen molar-refractivity contribution in [3.63, 3.8) is 0 Å². The van der Waals surface area contributed by atoms with E-state index in [1.165, 1.54) is 29.9 Å². The zero-order chi connectivity index (χ0) is 22.2. The zero-order valence-electron chi connectivity index (χ0n) is 16.6. The van der Waals surface area contributed by atoms with E-state index in [1.807, 2.05) is 10.6 Å². The molecule has 0 bridgehead atoms. The number of nitrogens with one attached hydrogen (secondary N) is 2. The number of imidazole rings is 1. The van der Waals surface area contributed by atoms with Gasteiger partial charge in [0.05, 0.1) is 13.7 Å². The Labute approximate surface area is 171 Å². The number of imide groups is 2. The van der Waals surface area contributed by atoms with Crippen LogP contribution < -0.4 is 20.1 Å². The highest BCUT2D eigenvalue weighted by Gasteiger charge is 2.47. The molecule has 1 aliphatic heterocycles. The first kappa shape index (κ1) is 21.1. The molecule has 11 heteroatoms. The highest BCUT2D eigenvalue weighted by molar-refractivity contribution is 6.16. The number of benzene rings is 1. The second kappa shape index (κ2) is 8.03. The minimum absolute atomic E-state index is 0.0215. The van der Waals surface area contributed by atoms with Crippen molar-refractivity contribution in [2.45, 2.75) is 26.3 Å². The molecule has 11 nitrogen and oxygen atoms in total. The van der Waals surface area contributed by atoms with Crippen molar-refractivity contribution < 1.29 is 34.1 Å². The van der Waals surface area contributed by atoms with Crippen LogP contribution in [0.15, 0.2) is 18.2 Å². The smallest absolute Gasteiger partial charge is 0.328 e. The Balaban J connectivity index is 2.28. The van der Waals surface area contributed by atoms with Gasteiger partial charge >= 0.3 is 6.03 Å². The summed E-state index contributed by atoms with van der Waals surface area (Å²) in [6.45, 7) is 3.01. The number of aliphatic hydroxyl groups is 1. The third-order valence-corrected chi connectivity index (χ3v) is 5.25. The number of phenolic OH excluding ortho intramolecular Hbond substituents is 1. The Kier molecular flexibility index (Phi) is 5.65. The molecule has 1 saturated heterocycles. The number of hydrogen-bond donors (Lipinski definition) is 4. The zero-order valence-corrected chi connectivity index (χ0v) is 16.6. The van der Waals surface area contributed by atoms with Crippen LogP contribution in [0.25, 0.3) is 0 Å². The van der Waals surface area contributed by atoms with E-state index < -0.39 is 29.7 Å². The lowest BCUT2D eigenvalue weighted by atomic mass is 9.82. The summed E-state index contributed by atoms with van der Waals surface area (Å²) in [7, 11) is 1.37. The van der Waals surface area contributed by atoms with E-state index in [0.29, 0.717) is 16.1 Å². The van der Waals surface area contributed by atoms with E-state index in [1.54, 1.807) is 13.8 Å². The molecule has 1 aromatic carbocycles. The number of ether oxygens (including phenoxy) is 1. The molecule has 30 heavy (non-hydrogen) atoms. The molecule has 160 valence electrons. The van der Waals surface area contributed by atoms with Crippen molar-refractivity contribution in [1.29, 1.82) is 0 Å². The second-order valence-electron chi connectivity index (χ2n) is 6.89. The highest BCUT2D eigenvalue weighted by Crippen LogP contribution is 2.37. The Morgan fingerprint density at radius 1 is 1.23 bits per heavy atom. The minimum Gasteiger partial charge on any atom is -0.711 e. The van der Waals surface area contributed by atoms with Gasteiger partial charge in [0.1, 0.15) is 29.8 Å². The minimum atomic E-state index is -1.47. The van der Waals surface area contributed by atoms with Gasteiger partial charge in [0.2, 0.25) is 11.8 Å². The van der Waals surface area contributed by atoms with Gasteiger partial charge in [0.25, 0.3) is 5.82 Å². The average Bonchev–Trinajstić information content (AvgIpc) is 2.89. The fourth-order valence-electron chi connectivity index (χ4n) is 3.70. The number of methoxy groups -OCH3 is 1. The van der Waals surface area contributed by atoms with Crippen molar-refractivity contribution in [1.82, 2.24) is 15.2 Å². The number of hydrogen-bond acceptors (Lipinski definition) is 7. The lowest BCUT2D eigenvalue weighted by Crippen LogP contribution is -2.58. The number of aromatic hydroxyl groups is 1. The Bertz CT molecular complexity index is 1010. The molecule has 0 spiro atoms. The quantitative estimate of drug-likeness (QED) is 0.281. The van der Waals surface area contributed by atoms with Crippen molar-refractivity contribution in [3.05, 3.63) is 46.2 Å². The van der Waals surface area contributed by atoms with Gasteiger partial charge in [-0.15, -0.1) is 0 Å². The van der Waals surface area contributed by atoms with Crippen LogP contribution in [0.1, 0.15) is 28.7 Å². The third-order valence-electron chi connectivity index (χ3n) is 5.25. The molecule has 3 rings (SSSR count). The lowest BCUT2D eigenvalue weighted by molar-refractivity contribution is -0.621. The number of rotatable bonds is 6. The van der Waals surface area contributed by atoms with Gasteiger partial charge in [-0.2, -0.15) is 0 Å². The van der Waals surface area contributed by atoms with Crippen molar-refractivity contribution in [2.24, 2.45) is 5.92 Å². The first-order valence-corrected chi connectivity index (χ1v) is 9.13. The predicted molar refractivity (Wildman–Crippen MR) is 102 cm³/mol. The molecule has 0 radical (unpaired) electrons. The lowest BCUT2D eigenvalue weighted by Gasteiger charge is -2.28. The molecule has 0 saturated carbocycles. The number of nitrogens with zero attached hydrogens (tertiary/aromatic N) is 2. The van der Waals surface area contributed by atoms with E-state index in [2.05, 4.69) is 0 Å². The van der Waals surface area contributed by atoms with E-state index >= 15 is 0 Å². The van der Waals surface area contributed by atoms with Crippen LogP contribution in [0.3, 0.4) is 0 Å². The van der Waals surface area contributed by atoms with Crippen LogP contribution in [0.5, 0.6) is 11.5 Å². The Hall–Kier alpha value is -3.60. The molecule has 2 heterocycles. The van der Waals surface area contributed by atoms with Crippen LogP contribution in [0, 0.1) is 25.0 Å². The molecule has 1 fully saturated rings. The summed E-state index contributed by atoms with van der Waals surface area (Å²) >= 11 is 0. The summed E-state index contributed by atoms with van der Waals surface area (Å²) in [4.78, 5) is 36.8. The van der Waals surface area contributed by atoms with Gasteiger partial charge < -0.3 is 20.2 Å². The highest BCUT2D eigenvalue weighted by atomic mass is 16.5. The van der Waals surface area contributed by atoms with Crippen molar-refractivity contribution in [3.8, 4) is 11.5 Å². The number of urea groups is 1. The van der Waals surface area contributed by atoms with E-state index in [9.17, 15) is 29.8 Å². The van der Waals surface area contributed by atoms with Crippen molar-refractivity contribution in [2.75, 3.05) is 13.7 Å². The summed E-state index contributed by atoms with van der Waals surface area (Å²) in [6, 6.07) is 3.30. The molecular weight excluding hydrogens is 396 g/mol. The summed E-state index contributed by atoms with van der Waals surface area (Å²) < 4.78 is 7.15. The molecule has 0 aliphatic carbocycles. The normalized spacial score (nSPS) is 15.7. The SMILES string of the molecule is COc1ccc([C@@H](c2n(CCO)c(C)c(C)[n+]2[O-])C2C(=O)NC(=O)NC2=O)cc1O. The second-order valence-corrected chi connectivity index (χ2v) is 6.89. The van der Waals surface area contributed by atoms with Crippen LogP contribution in [0.4, 0.5) is 4.79 Å². The largest absolute Gasteiger partial charge is 0.711 e. The monoisotopic (exact) mass is 418 g/mol. The summed E-state index contributed by atoms with van der Waals surface area (Å²) in [5.74, 6) is -4.45. The fourth-order valence-corrected chi connectivity index (χ4v) is 3.70. The van der Waals surface area contributed by atoms with Gasteiger partial charge in [-0.1, -0.05) is 6.07 Å². The number of aromatic nitrogens is 2. The number of amides is 4. The number of phenols is 1. The van der Waals surface area contributed by atoms with Crippen LogP contribution in [-0.4, -0.2) is 46.3 Å². The van der Waals surface area contributed by atoms with Gasteiger partial charge in [0.15, 0.2) is 11.5 Å². The molecule has 1 aromatic heterocycles. The fraction of sp³-hybridized carbons (Fsp3) is 0.368.